The van der Waals surface area contributed by atoms with E-state index in [1.54, 1.807) is 28.9 Å². The number of likely N-dealkylation sites (tertiary alicyclic amines) is 1. The number of nitrogens with zero attached hydrogens (tertiary/aromatic N) is 5. The zero-order chi connectivity index (χ0) is 20.1. The lowest BCUT2D eigenvalue weighted by Crippen LogP contribution is -2.38. The van der Waals surface area contributed by atoms with Crippen molar-refractivity contribution < 1.29 is 9.90 Å². The van der Waals surface area contributed by atoms with E-state index in [2.05, 4.69) is 37.9 Å². The van der Waals surface area contributed by atoms with E-state index in [-0.39, 0.29) is 23.5 Å². The minimum Gasteiger partial charge on any atom is -0.508 e. The lowest BCUT2D eigenvalue weighted by atomic mass is 10.2. The van der Waals surface area contributed by atoms with Gasteiger partial charge in [-0.2, -0.15) is 4.68 Å². The molecule has 1 aromatic heterocycles. The molecule has 1 fully saturated rings. The number of hydrogen-bond acceptors (Lipinski definition) is 7. The summed E-state index contributed by atoms with van der Waals surface area (Å²) in [5, 5.41) is 24.7. The first-order valence-electron chi connectivity index (χ1n) is 9.43. The lowest BCUT2D eigenvalue weighted by Gasteiger charge is -2.16. The van der Waals surface area contributed by atoms with Crippen molar-refractivity contribution in [2.75, 3.05) is 18.8 Å². The van der Waals surface area contributed by atoms with Gasteiger partial charge in [-0.05, 0) is 46.7 Å². The largest absolute Gasteiger partial charge is 0.508 e. The molecular formula is C20H22N6O2S. The Morgan fingerprint density at radius 2 is 1.97 bits per heavy atom. The van der Waals surface area contributed by atoms with Crippen molar-refractivity contribution in [3.05, 3.63) is 60.2 Å². The Hall–Kier alpha value is -2.91. The summed E-state index contributed by atoms with van der Waals surface area (Å²) >= 11 is 1.29. The van der Waals surface area contributed by atoms with Gasteiger partial charge in [-0.25, -0.2) is 0 Å². The maximum absolute atomic E-state index is 12.4. The van der Waals surface area contributed by atoms with E-state index in [9.17, 15) is 9.90 Å². The monoisotopic (exact) mass is 410 g/mol. The van der Waals surface area contributed by atoms with Crippen LogP contribution >= 0.6 is 11.8 Å². The molecule has 29 heavy (non-hydrogen) atoms. The van der Waals surface area contributed by atoms with Crippen molar-refractivity contribution in [1.82, 2.24) is 30.4 Å². The molecule has 4 rings (SSSR count). The van der Waals surface area contributed by atoms with Gasteiger partial charge in [0.1, 0.15) is 5.75 Å². The summed E-state index contributed by atoms with van der Waals surface area (Å²) in [5.74, 6) is 0.392. The SMILES string of the molecule is O=C(CSc1nnnn1-c1ccc(O)cc1)N[C@@H]1CCN(Cc2ccccc2)C1. The first-order valence-corrected chi connectivity index (χ1v) is 10.4. The summed E-state index contributed by atoms with van der Waals surface area (Å²) < 4.78 is 1.55. The normalized spacial score (nSPS) is 16.8. The van der Waals surface area contributed by atoms with Crippen molar-refractivity contribution in [1.29, 1.82) is 0 Å². The molecule has 9 heteroatoms. The fraction of sp³-hybridized carbons (Fsp3) is 0.300. The Morgan fingerprint density at radius 3 is 2.76 bits per heavy atom. The number of aromatic nitrogens is 4. The molecular weight excluding hydrogens is 388 g/mol. The summed E-state index contributed by atoms with van der Waals surface area (Å²) in [6.45, 7) is 2.74. The molecule has 2 heterocycles. The number of carbonyl (C=O) groups excluding carboxylic acids is 1. The molecule has 1 aliphatic heterocycles. The fourth-order valence-corrected chi connectivity index (χ4v) is 4.06. The second kappa shape index (κ2) is 9.06. The third-order valence-electron chi connectivity index (χ3n) is 4.75. The Bertz CT molecular complexity index is 947. The average Bonchev–Trinajstić information content (AvgIpc) is 3.37. The van der Waals surface area contributed by atoms with Crippen LogP contribution in [0, 0.1) is 0 Å². The molecule has 8 nitrogen and oxygen atoms in total. The van der Waals surface area contributed by atoms with Gasteiger partial charge in [0, 0.05) is 25.7 Å². The summed E-state index contributed by atoms with van der Waals surface area (Å²) in [7, 11) is 0. The van der Waals surface area contributed by atoms with Gasteiger partial charge in [0.15, 0.2) is 0 Å². The second-order valence-corrected chi connectivity index (χ2v) is 7.89. The minimum atomic E-state index is -0.0261. The van der Waals surface area contributed by atoms with Gasteiger partial charge in [0.25, 0.3) is 0 Å². The summed E-state index contributed by atoms with van der Waals surface area (Å²) in [4.78, 5) is 14.8. The highest BCUT2D eigenvalue weighted by molar-refractivity contribution is 7.99. The lowest BCUT2D eigenvalue weighted by molar-refractivity contribution is -0.119. The van der Waals surface area contributed by atoms with Crippen LogP contribution < -0.4 is 5.32 Å². The van der Waals surface area contributed by atoms with E-state index in [0.717, 1.165) is 31.7 Å². The van der Waals surface area contributed by atoms with Crippen molar-refractivity contribution in [3.63, 3.8) is 0 Å². The molecule has 1 saturated heterocycles. The van der Waals surface area contributed by atoms with Gasteiger partial charge in [-0.15, -0.1) is 5.10 Å². The Balaban J connectivity index is 1.26. The molecule has 1 amide bonds. The number of tetrazole rings is 1. The highest BCUT2D eigenvalue weighted by Gasteiger charge is 2.24. The van der Waals surface area contributed by atoms with E-state index in [1.165, 1.54) is 17.3 Å². The molecule has 150 valence electrons. The highest BCUT2D eigenvalue weighted by Crippen LogP contribution is 2.20. The molecule has 1 aliphatic rings. The molecule has 0 bridgehead atoms. The van der Waals surface area contributed by atoms with Gasteiger partial charge in [-0.3, -0.25) is 9.69 Å². The van der Waals surface area contributed by atoms with Crippen LogP contribution in [0.2, 0.25) is 0 Å². The third kappa shape index (κ3) is 5.12. The zero-order valence-electron chi connectivity index (χ0n) is 15.8. The van der Waals surface area contributed by atoms with Gasteiger partial charge < -0.3 is 10.4 Å². The second-order valence-electron chi connectivity index (χ2n) is 6.95. The molecule has 0 aliphatic carbocycles. The number of carbonyl (C=O) groups is 1. The van der Waals surface area contributed by atoms with E-state index in [0.29, 0.717) is 5.16 Å². The third-order valence-corrected chi connectivity index (χ3v) is 5.67. The number of phenolic OH excluding ortho intramolecular Hbond substituents is 1. The number of aromatic hydroxyl groups is 1. The van der Waals surface area contributed by atoms with Gasteiger partial charge in [-0.1, -0.05) is 42.1 Å². The predicted octanol–water partition coefficient (Wildman–Crippen LogP) is 1.85. The molecule has 3 aromatic rings. The van der Waals surface area contributed by atoms with Crippen LogP contribution in [0.4, 0.5) is 0 Å². The number of hydrogen-bond donors (Lipinski definition) is 2. The maximum Gasteiger partial charge on any atom is 0.230 e. The Labute approximate surface area is 172 Å². The standard InChI is InChI=1S/C20H22N6O2S/c27-18-8-6-17(7-9-18)26-20(22-23-24-26)29-14-19(28)21-16-10-11-25(13-16)12-15-4-2-1-3-5-15/h1-9,16,27H,10-14H2,(H,21,28)/t16-/m1/s1. The van der Waals surface area contributed by atoms with Crippen molar-refractivity contribution in [2.45, 2.75) is 24.2 Å². The zero-order valence-corrected chi connectivity index (χ0v) is 16.6. The highest BCUT2D eigenvalue weighted by atomic mass is 32.2. The summed E-state index contributed by atoms with van der Waals surface area (Å²) in [6.07, 6.45) is 0.953. The van der Waals surface area contributed by atoms with Crippen LogP contribution in [0.1, 0.15) is 12.0 Å². The van der Waals surface area contributed by atoms with Crippen LogP contribution in [0.15, 0.2) is 59.8 Å². The van der Waals surface area contributed by atoms with Gasteiger partial charge >= 0.3 is 0 Å². The predicted molar refractivity (Wildman–Crippen MR) is 110 cm³/mol. The quantitative estimate of drug-likeness (QED) is 0.574. The van der Waals surface area contributed by atoms with Crippen molar-refractivity contribution in [3.8, 4) is 11.4 Å². The molecule has 0 saturated carbocycles. The Kier molecular flexibility index (Phi) is 6.06. The molecule has 2 N–H and O–H groups in total. The minimum absolute atomic E-state index is 0.0261. The molecule has 1 atom stereocenters. The smallest absolute Gasteiger partial charge is 0.230 e. The number of thioether (sulfide) groups is 1. The maximum atomic E-state index is 12.4. The van der Waals surface area contributed by atoms with Gasteiger partial charge in [0.05, 0.1) is 11.4 Å². The van der Waals surface area contributed by atoms with Crippen molar-refractivity contribution >= 4 is 17.7 Å². The van der Waals surface area contributed by atoms with E-state index in [1.807, 2.05) is 18.2 Å². The van der Waals surface area contributed by atoms with Crippen molar-refractivity contribution in [2.24, 2.45) is 0 Å². The topological polar surface area (TPSA) is 96.2 Å². The average molecular weight is 411 g/mol. The molecule has 0 radical (unpaired) electrons. The number of phenols is 1. The van der Waals surface area contributed by atoms with Crippen LogP contribution in [0.5, 0.6) is 5.75 Å². The van der Waals surface area contributed by atoms with Crippen LogP contribution in [-0.2, 0) is 11.3 Å². The summed E-state index contributed by atoms with van der Waals surface area (Å²) in [6, 6.07) is 17.1. The van der Waals surface area contributed by atoms with E-state index < -0.39 is 0 Å². The van der Waals surface area contributed by atoms with E-state index in [4.69, 9.17) is 0 Å². The summed E-state index contributed by atoms with van der Waals surface area (Å²) in [5.41, 5.74) is 2.01. The molecule has 0 unspecified atom stereocenters. The molecule has 0 spiro atoms. The first kappa shape index (κ1) is 19.4. The number of benzene rings is 2. The number of nitrogens with one attached hydrogen (secondary N) is 1. The van der Waals surface area contributed by atoms with Gasteiger partial charge in [0.2, 0.25) is 11.1 Å². The van der Waals surface area contributed by atoms with Crippen LogP contribution in [-0.4, -0.2) is 61.0 Å². The number of amides is 1. The van der Waals surface area contributed by atoms with E-state index >= 15 is 0 Å². The fourth-order valence-electron chi connectivity index (χ4n) is 3.36. The first-order chi connectivity index (χ1) is 14.2. The molecule has 2 aromatic carbocycles. The number of rotatable bonds is 7. The van der Waals surface area contributed by atoms with Crippen LogP contribution in [0.25, 0.3) is 5.69 Å². The van der Waals surface area contributed by atoms with Crippen LogP contribution in [0.3, 0.4) is 0 Å². The Morgan fingerprint density at radius 1 is 1.17 bits per heavy atom.